The van der Waals surface area contributed by atoms with Crippen LogP contribution in [0.25, 0.3) is 12.2 Å². The van der Waals surface area contributed by atoms with Crippen LogP contribution in [-0.4, -0.2) is 22.6 Å². The highest BCUT2D eigenvalue weighted by atomic mass is 16.5. The number of nitrogens with two attached hydrogens (primary N) is 1. The van der Waals surface area contributed by atoms with Crippen molar-refractivity contribution in [1.82, 2.24) is 9.97 Å². The van der Waals surface area contributed by atoms with Crippen molar-refractivity contribution in [3.8, 4) is 5.75 Å². The molecule has 2 heterocycles. The first-order valence-electron chi connectivity index (χ1n) is 8.25. The van der Waals surface area contributed by atoms with Crippen LogP contribution < -0.4 is 10.5 Å². The molecule has 3 aromatic rings. The average molecular weight is 331 g/mol. The third-order valence-electron chi connectivity index (χ3n) is 3.71. The van der Waals surface area contributed by atoms with E-state index in [1.807, 2.05) is 48.6 Å². The molecule has 0 fully saturated rings. The lowest BCUT2D eigenvalue weighted by atomic mass is 10.1. The first-order valence-corrected chi connectivity index (χ1v) is 8.25. The van der Waals surface area contributed by atoms with Crippen molar-refractivity contribution in [3.63, 3.8) is 0 Å². The summed E-state index contributed by atoms with van der Waals surface area (Å²) in [5, 5.41) is 0. The summed E-state index contributed by atoms with van der Waals surface area (Å²) in [4.78, 5) is 8.24. The molecule has 1 atom stereocenters. The second-order valence-corrected chi connectivity index (χ2v) is 5.83. The van der Waals surface area contributed by atoms with E-state index in [1.165, 1.54) is 5.56 Å². The maximum atomic E-state index is 6.16. The Bertz CT molecular complexity index is 804. The number of ether oxygens (including phenoxy) is 1. The van der Waals surface area contributed by atoms with Crippen molar-refractivity contribution >= 4 is 12.2 Å². The van der Waals surface area contributed by atoms with Crippen LogP contribution in [-0.2, 0) is 6.42 Å². The summed E-state index contributed by atoms with van der Waals surface area (Å²) in [6.45, 7) is 0.452. The molecule has 4 nitrogen and oxygen atoms in total. The molecule has 0 radical (unpaired) electrons. The highest BCUT2D eigenvalue weighted by molar-refractivity contribution is 5.69. The van der Waals surface area contributed by atoms with Crippen molar-refractivity contribution in [3.05, 3.63) is 90.0 Å². The van der Waals surface area contributed by atoms with Gasteiger partial charge in [-0.05, 0) is 41.3 Å². The van der Waals surface area contributed by atoms with E-state index >= 15 is 0 Å². The monoisotopic (exact) mass is 331 g/mol. The number of hydrogen-bond donors (Lipinski definition) is 1. The Morgan fingerprint density at radius 3 is 2.48 bits per heavy atom. The first kappa shape index (κ1) is 16.9. The molecule has 0 unspecified atom stereocenters. The van der Waals surface area contributed by atoms with Gasteiger partial charge in [0.2, 0.25) is 0 Å². The summed E-state index contributed by atoms with van der Waals surface area (Å²) in [6.07, 6.45) is 11.9. The molecule has 3 rings (SSSR count). The summed E-state index contributed by atoms with van der Waals surface area (Å²) in [7, 11) is 0. The third kappa shape index (κ3) is 5.55. The minimum Gasteiger partial charge on any atom is -0.490 e. The second kappa shape index (κ2) is 8.76. The van der Waals surface area contributed by atoms with E-state index in [0.29, 0.717) is 6.61 Å². The lowest BCUT2D eigenvalue weighted by Crippen LogP contribution is -2.30. The molecule has 0 saturated heterocycles. The largest absolute Gasteiger partial charge is 0.490 e. The number of aromatic nitrogens is 2. The molecule has 2 N–H and O–H groups in total. The predicted octanol–water partition coefficient (Wildman–Crippen LogP) is 3.60. The highest BCUT2D eigenvalue weighted by Crippen LogP contribution is 2.14. The highest BCUT2D eigenvalue weighted by Gasteiger charge is 2.05. The smallest absolute Gasteiger partial charge is 0.138 e. The molecule has 1 aromatic carbocycles. The standard InChI is InChI=1S/C21H21N3O/c22-20(12-18-4-2-1-3-5-18)16-25-21-13-19(14-24-15-21)7-6-17-8-10-23-11-9-17/h1-11,13-15,20H,12,16,22H2/b7-6+/t20-/m0/s1. The van der Waals surface area contributed by atoms with E-state index in [1.54, 1.807) is 24.8 Å². The molecular formula is C21H21N3O. The van der Waals surface area contributed by atoms with Crippen molar-refractivity contribution in [2.45, 2.75) is 12.5 Å². The molecule has 0 amide bonds. The average Bonchev–Trinajstić information content (AvgIpc) is 2.67. The third-order valence-corrected chi connectivity index (χ3v) is 3.71. The molecule has 25 heavy (non-hydrogen) atoms. The molecular weight excluding hydrogens is 310 g/mol. The number of nitrogens with zero attached hydrogens (tertiary/aromatic N) is 2. The Labute approximate surface area is 148 Å². The molecule has 0 spiro atoms. The van der Waals surface area contributed by atoms with Gasteiger partial charge in [-0.25, -0.2) is 0 Å². The normalized spacial score (nSPS) is 12.2. The zero-order chi connectivity index (χ0) is 17.3. The van der Waals surface area contributed by atoms with Crippen molar-refractivity contribution in [2.24, 2.45) is 5.73 Å². The summed E-state index contributed by atoms with van der Waals surface area (Å²) < 4.78 is 5.80. The zero-order valence-electron chi connectivity index (χ0n) is 14.0. The van der Waals surface area contributed by atoms with Crippen LogP contribution >= 0.6 is 0 Å². The molecule has 0 aliphatic carbocycles. The van der Waals surface area contributed by atoms with E-state index in [4.69, 9.17) is 10.5 Å². The Kier molecular flexibility index (Phi) is 5.91. The Morgan fingerprint density at radius 1 is 0.920 bits per heavy atom. The van der Waals surface area contributed by atoms with Gasteiger partial charge in [0, 0.05) is 24.6 Å². The number of benzene rings is 1. The van der Waals surface area contributed by atoms with Crippen molar-refractivity contribution in [1.29, 1.82) is 0 Å². The van der Waals surface area contributed by atoms with Crippen molar-refractivity contribution in [2.75, 3.05) is 6.61 Å². The van der Waals surface area contributed by atoms with Crippen LogP contribution in [0.15, 0.2) is 73.3 Å². The fraction of sp³-hybridized carbons (Fsp3) is 0.143. The fourth-order valence-electron chi connectivity index (χ4n) is 2.45. The topological polar surface area (TPSA) is 61.0 Å². The van der Waals surface area contributed by atoms with Gasteiger partial charge in [0.15, 0.2) is 0 Å². The molecule has 0 aliphatic rings. The van der Waals surface area contributed by atoms with Gasteiger partial charge in [-0.3, -0.25) is 9.97 Å². The second-order valence-electron chi connectivity index (χ2n) is 5.83. The van der Waals surface area contributed by atoms with Crippen LogP contribution in [0.4, 0.5) is 0 Å². The summed E-state index contributed by atoms with van der Waals surface area (Å²) in [5.41, 5.74) is 9.44. The van der Waals surface area contributed by atoms with Gasteiger partial charge in [-0.15, -0.1) is 0 Å². The van der Waals surface area contributed by atoms with Crippen LogP contribution in [0, 0.1) is 0 Å². The van der Waals surface area contributed by atoms with E-state index in [9.17, 15) is 0 Å². The summed E-state index contributed by atoms with van der Waals surface area (Å²) in [5.74, 6) is 0.723. The maximum absolute atomic E-state index is 6.16. The summed E-state index contributed by atoms with van der Waals surface area (Å²) in [6, 6.07) is 16.0. The van der Waals surface area contributed by atoms with E-state index in [-0.39, 0.29) is 6.04 Å². The van der Waals surface area contributed by atoms with Gasteiger partial charge < -0.3 is 10.5 Å². The van der Waals surface area contributed by atoms with E-state index < -0.39 is 0 Å². The Hall–Kier alpha value is -2.98. The van der Waals surface area contributed by atoms with Crippen LogP contribution in [0.3, 0.4) is 0 Å². The molecule has 2 aromatic heterocycles. The lowest BCUT2D eigenvalue weighted by molar-refractivity contribution is 0.286. The Morgan fingerprint density at radius 2 is 1.68 bits per heavy atom. The molecule has 0 saturated carbocycles. The van der Waals surface area contributed by atoms with E-state index in [0.717, 1.165) is 23.3 Å². The zero-order valence-corrected chi connectivity index (χ0v) is 14.0. The minimum atomic E-state index is -0.0570. The molecule has 0 bridgehead atoms. The number of rotatable bonds is 7. The molecule has 126 valence electrons. The minimum absolute atomic E-state index is 0.0570. The van der Waals surface area contributed by atoms with Gasteiger partial charge in [0.05, 0.1) is 6.20 Å². The van der Waals surface area contributed by atoms with Crippen molar-refractivity contribution < 1.29 is 4.74 Å². The number of hydrogen-bond acceptors (Lipinski definition) is 4. The van der Waals surface area contributed by atoms with Gasteiger partial charge in [-0.2, -0.15) is 0 Å². The molecule has 4 heteroatoms. The quantitative estimate of drug-likeness (QED) is 0.718. The van der Waals surface area contributed by atoms with Gasteiger partial charge in [0.25, 0.3) is 0 Å². The number of pyridine rings is 2. The van der Waals surface area contributed by atoms with E-state index in [2.05, 4.69) is 22.1 Å². The fourth-order valence-corrected chi connectivity index (χ4v) is 2.45. The summed E-state index contributed by atoms with van der Waals surface area (Å²) >= 11 is 0. The van der Waals surface area contributed by atoms with Gasteiger partial charge >= 0.3 is 0 Å². The predicted molar refractivity (Wildman–Crippen MR) is 101 cm³/mol. The lowest BCUT2D eigenvalue weighted by Gasteiger charge is -2.13. The Balaban J connectivity index is 1.55. The van der Waals surface area contributed by atoms with Gasteiger partial charge in [0.1, 0.15) is 12.4 Å². The maximum Gasteiger partial charge on any atom is 0.138 e. The SMILES string of the molecule is N[C@H](COc1cncc(/C=C/c2ccncc2)c1)Cc1ccccc1. The van der Waals surface area contributed by atoms with Crippen LogP contribution in [0.1, 0.15) is 16.7 Å². The molecule has 0 aliphatic heterocycles. The van der Waals surface area contributed by atoms with Gasteiger partial charge in [-0.1, -0.05) is 42.5 Å². The van der Waals surface area contributed by atoms with Crippen LogP contribution in [0.2, 0.25) is 0 Å². The first-order chi connectivity index (χ1) is 12.3. The van der Waals surface area contributed by atoms with Crippen LogP contribution in [0.5, 0.6) is 5.75 Å².